The van der Waals surface area contributed by atoms with Gasteiger partial charge in [0, 0.05) is 0 Å². The van der Waals surface area contributed by atoms with Gasteiger partial charge in [-0.15, -0.1) is 0 Å². The maximum atomic E-state index is 12.4. The Kier molecular flexibility index (Phi) is 2.00. The van der Waals surface area contributed by atoms with E-state index in [1.54, 1.807) is 0 Å². The highest BCUT2D eigenvalue weighted by molar-refractivity contribution is 7.81. The van der Waals surface area contributed by atoms with Gasteiger partial charge < -0.3 is 0 Å². The fourth-order valence-electron chi connectivity index (χ4n) is 0.659. The zero-order chi connectivity index (χ0) is 8.65. The van der Waals surface area contributed by atoms with Crippen molar-refractivity contribution in [2.24, 2.45) is 0 Å². The number of allylic oxidation sites excluding steroid dienone is 3. The lowest BCUT2D eigenvalue weighted by molar-refractivity contribution is 0.0183. The third kappa shape index (κ3) is 1.29. The molecule has 0 amide bonds. The summed E-state index contributed by atoms with van der Waals surface area (Å²) in [6.45, 7) is 0. The molecule has 62 valence electrons. The van der Waals surface area contributed by atoms with Crippen molar-refractivity contribution in [3.8, 4) is 0 Å². The van der Waals surface area contributed by atoms with Gasteiger partial charge in [-0.2, -0.15) is 21.4 Å². The van der Waals surface area contributed by atoms with Gasteiger partial charge in [-0.3, -0.25) is 0 Å². The van der Waals surface area contributed by atoms with Gasteiger partial charge in [-0.25, -0.2) is 8.78 Å². The fraction of sp³-hybridized carbons (Fsp3) is 0.333. The van der Waals surface area contributed by atoms with Crippen molar-refractivity contribution >= 4 is 12.6 Å². The predicted octanol–water partition coefficient (Wildman–Crippen LogP) is 2.64. The van der Waals surface area contributed by atoms with Crippen LogP contribution in [0.4, 0.5) is 17.6 Å². The lowest BCUT2D eigenvalue weighted by Gasteiger charge is -2.22. The third-order valence-corrected chi connectivity index (χ3v) is 1.88. The van der Waals surface area contributed by atoms with E-state index in [2.05, 4.69) is 12.6 Å². The molecule has 0 saturated heterocycles. The van der Waals surface area contributed by atoms with Gasteiger partial charge in [0.2, 0.25) is 0 Å². The Bertz CT molecular complexity index is 231. The van der Waals surface area contributed by atoms with Gasteiger partial charge in [0.1, 0.15) is 11.1 Å². The summed E-state index contributed by atoms with van der Waals surface area (Å²) in [6.07, 6.45) is 1.05. The maximum absolute atomic E-state index is 12.4. The van der Waals surface area contributed by atoms with E-state index in [0.29, 0.717) is 12.2 Å². The monoisotopic (exact) mass is 184 g/mol. The zero-order valence-corrected chi connectivity index (χ0v) is 6.09. The van der Waals surface area contributed by atoms with Crippen LogP contribution in [0.5, 0.6) is 0 Å². The van der Waals surface area contributed by atoms with Crippen LogP contribution in [0.15, 0.2) is 23.8 Å². The number of rotatable bonds is 0. The molecule has 1 atom stereocenters. The third-order valence-electron chi connectivity index (χ3n) is 1.31. The van der Waals surface area contributed by atoms with Crippen LogP contribution in [0.25, 0.3) is 0 Å². The molecule has 1 aliphatic carbocycles. The molecule has 0 fully saturated rings. The highest BCUT2D eigenvalue weighted by Gasteiger charge is 2.46. The van der Waals surface area contributed by atoms with Crippen LogP contribution in [-0.4, -0.2) is 11.2 Å². The second-order valence-corrected chi connectivity index (χ2v) is 2.61. The van der Waals surface area contributed by atoms with Crippen LogP contribution in [0.2, 0.25) is 0 Å². The molecular formula is C6H4F4S. The summed E-state index contributed by atoms with van der Waals surface area (Å²) in [7, 11) is 0. The van der Waals surface area contributed by atoms with E-state index in [1.807, 2.05) is 0 Å². The molecule has 0 heterocycles. The minimum atomic E-state index is -3.82. The highest BCUT2D eigenvalue weighted by Crippen LogP contribution is 2.39. The Morgan fingerprint density at radius 2 is 1.82 bits per heavy atom. The number of hydrogen-bond donors (Lipinski definition) is 1. The van der Waals surface area contributed by atoms with Crippen LogP contribution in [0, 0.1) is 0 Å². The molecule has 0 spiro atoms. The molecule has 0 radical (unpaired) electrons. The average Bonchev–Trinajstić information content (AvgIpc) is 1.95. The predicted molar refractivity (Wildman–Crippen MR) is 36.1 cm³/mol. The van der Waals surface area contributed by atoms with Crippen molar-refractivity contribution < 1.29 is 17.6 Å². The first-order valence-corrected chi connectivity index (χ1v) is 3.27. The topological polar surface area (TPSA) is 0 Å². The largest absolute Gasteiger partial charge is 0.316 e. The fourth-order valence-corrected chi connectivity index (χ4v) is 0.868. The van der Waals surface area contributed by atoms with Gasteiger partial charge in [-0.1, -0.05) is 0 Å². The Balaban J connectivity index is 3.03. The van der Waals surface area contributed by atoms with E-state index < -0.39 is 22.8 Å². The standard InChI is InChI=1S/C6H4F4S/c7-3-1-2-4(8)6(9,10)5(3)11/h1-2,5,11H. The molecule has 11 heavy (non-hydrogen) atoms. The van der Waals surface area contributed by atoms with Gasteiger partial charge in [-0.05, 0) is 12.2 Å². The molecule has 0 aromatic rings. The van der Waals surface area contributed by atoms with Crippen LogP contribution >= 0.6 is 12.6 Å². The first-order valence-electron chi connectivity index (χ1n) is 2.75. The van der Waals surface area contributed by atoms with E-state index in [4.69, 9.17) is 0 Å². The normalized spacial score (nSPS) is 29.4. The molecule has 1 unspecified atom stereocenters. The van der Waals surface area contributed by atoms with Crippen molar-refractivity contribution in [1.29, 1.82) is 0 Å². The van der Waals surface area contributed by atoms with Crippen molar-refractivity contribution in [3.63, 3.8) is 0 Å². The summed E-state index contributed by atoms with van der Waals surface area (Å²) >= 11 is 3.22. The van der Waals surface area contributed by atoms with E-state index >= 15 is 0 Å². The van der Waals surface area contributed by atoms with E-state index in [9.17, 15) is 17.6 Å². The van der Waals surface area contributed by atoms with Crippen molar-refractivity contribution in [3.05, 3.63) is 23.8 Å². The SMILES string of the molecule is FC1=CC=C(F)C(F)(F)C1S. The number of hydrogen-bond acceptors (Lipinski definition) is 1. The Labute approximate surface area is 66.0 Å². The molecule has 0 nitrogen and oxygen atoms in total. The summed E-state index contributed by atoms with van der Waals surface area (Å²) in [5, 5.41) is -1.99. The smallest absolute Gasteiger partial charge is 0.210 e. The molecule has 0 bridgehead atoms. The number of halogens is 4. The Hall–Kier alpha value is -0.450. The lowest BCUT2D eigenvalue weighted by atomic mass is 10.1. The van der Waals surface area contributed by atoms with Crippen LogP contribution in [0.1, 0.15) is 0 Å². The number of alkyl halides is 2. The summed E-state index contributed by atoms with van der Waals surface area (Å²) in [4.78, 5) is 0. The quantitative estimate of drug-likeness (QED) is 0.434. The summed E-state index contributed by atoms with van der Waals surface area (Å²) in [5.74, 6) is -6.60. The lowest BCUT2D eigenvalue weighted by Crippen LogP contribution is -2.32. The summed E-state index contributed by atoms with van der Waals surface area (Å²) in [6, 6.07) is 0. The highest BCUT2D eigenvalue weighted by atomic mass is 32.1. The minimum absolute atomic E-state index is 0.405. The number of thiol groups is 1. The molecule has 0 aliphatic heterocycles. The second-order valence-electron chi connectivity index (χ2n) is 2.09. The first-order chi connectivity index (χ1) is 4.96. The Morgan fingerprint density at radius 1 is 1.27 bits per heavy atom. The van der Waals surface area contributed by atoms with Gasteiger partial charge in [0.05, 0.1) is 0 Å². The molecular weight excluding hydrogens is 180 g/mol. The summed E-state index contributed by atoms with van der Waals surface area (Å²) < 4.78 is 49.5. The molecule has 5 heteroatoms. The van der Waals surface area contributed by atoms with Gasteiger partial charge >= 0.3 is 5.92 Å². The van der Waals surface area contributed by atoms with E-state index in [0.717, 1.165) is 0 Å². The molecule has 1 rings (SSSR count). The van der Waals surface area contributed by atoms with Gasteiger partial charge in [0.15, 0.2) is 5.83 Å². The van der Waals surface area contributed by atoms with E-state index in [-0.39, 0.29) is 0 Å². The molecule has 0 N–H and O–H groups in total. The van der Waals surface area contributed by atoms with Gasteiger partial charge in [0.25, 0.3) is 0 Å². The van der Waals surface area contributed by atoms with Crippen molar-refractivity contribution in [2.45, 2.75) is 11.2 Å². The minimum Gasteiger partial charge on any atom is -0.210 e. The molecule has 0 aromatic carbocycles. The van der Waals surface area contributed by atoms with E-state index in [1.165, 1.54) is 0 Å². The van der Waals surface area contributed by atoms with Crippen LogP contribution in [0.3, 0.4) is 0 Å². The summed E-state index contributed by atoms with van der Waals surface area (Å²) in [5.41, 5.74) is 0. The average molecular weight is 184 g/mol. The first kappa shape index (κ1) is 8.64. The maximum Gasteiger partial charge on any atom is 0.316 e. The van der Waals surface area contributed by atoms with Crippen LogP contribution in [-0.2, 0) is 0 Å². The molecule has 0 saturated carbocycles. The van der Waals surface area contributed by atoms with Crippen molar-refractivity contribution in [1.82, 2.24) is 0 Å². The molecule has 1 aliphatic rings. The zero-order valence-electron chi connectivity index (χ0n) is 5.19. The van der Waals surface area contributed by atoms with Crippen molar-refractivity contribution in [2.75, 3.05) is 0 Å². The second kappa shape index (κ2) is 2.55. The Morgan fingerprint density at radius 3 is 2.27 bits per heavy atom. The van der Waals surface area contributed by atoms with Crippen LogP contribution < -0.4 is 0 Å². The molecule has 0 aromatic heterocycles.